The maximum Gasteiger partial charge on any atom is 3.00 e. The molecular formula is C6Cl4FeK3N6Os. The van der Waals surface area contributed by atoms with Gasteiger partial charge in [0.2, 0.25) is 0 Å². The zero-order valence-electron chi connectivity index (χ0n) is 10.9. The first-order valence-corrected chi connectivity index (χ1v) is 14.5. The smallest absolute Gasteiger partial charge is 1.00 e. The molecule has 0 saturated carbocycles. The molecule has 21 heavy (non-hydrogen) atoms. The zero-order valence-corrected chi connectivity index (χ0v) is 26.9. The van der Waals surface area contributed by atoms with Crippen molar-refractivity contribution in [2.45, 2.75) is 0 Å². The summed E-state index contributed by atoms with van der Waals surface area (Å²) in [6, 6.07) is 0. The van der Waals surface area contributed by atoms with Crippen molar-refractivity contribution >= 4 is 38.6 Å². The molecular weight excluding hydrogens is 661 g/mol. The fourth-order valence-electron chi connectivity index (χ4n) is 0. The molecule has 0 rings (SSSR count). The van der Waals surface area contributed by atoms with Crippen LogP contribution in [0.5, 0.6) is 0 Å². The fraction of sp³-hybridized carbons (Fsp3) is 0. The summed E-state index contributed by atoms with van der Waals surface area (Å²) >= 11 is -3.17. The fourth-order valence-corrected chi connectivity index (χ4v) is 0. The second kappa shape index (κ2) is 125. The van der Waals surface area contributed by atoms with Crippen molar-refractivity contribution in [3.8, 4) is 0 Å². The SMILES string of the molecule is [C-]#N.[C-]#N.[C-]#N.[C-]#N.[C-]#N.[C-]#N.[Cl][Os]([Cl])([Cl])[Cl].[Fe+3].[K+].[K+].[K+]. The first-order valence-electron chi connectivity index (χ1n) is 1.88. The number of halogens is 4. The third kappa shape index (κ3) is 684. The molecule has 101 valence electrons. The van der Waals surface area contributed by atoms with E-state index in [-0.39, 0.29) is 171 Å². The summed E-state index contributed by atoms with van der Waals surface area (Å²) in [6.07, 6.45) is 0. The van der Waals surface area contributed by atoms with Gasteiger partial charge in [-0.1, -0.05) is 0 Å². The molecule has 6 nitrogen and oxygen atoms in total. The predicted molar refractivity (Wildman–Crippen MR) is 53.2 cm³/mol. The molecule has 0 aliphatic heterocycles. The summed E-state index contributed by atoms with van der Waals surface area (Å²) < 4.78 is 0. The Bertz CT molecular complexity index is 178. The van der Waals surface area contributed by atoms with Crippen LogP contribution in [0.25, 0.3) is 0 Å². The Kier molecular flexibility index (Phi) is 438. The Morgan fingerprint density at radius 1 is 0.429 bits per heavy atom. The van der Waals surface area contributed by atoms with Crippen LogP contribution < -0.4 is 154 Å². The van der Waals surface area contributed by atoms with E-state index in [2.05, 4.69) is 0 Å². The second-order valence-corrected chi connectivity index (χ2v) is 22.3. The van der Waals surface area contributed by atoms with Crippen LogP contribution in [0.15, 0.2) is 0 Å². The van der Waals surface area contributed by atoms with Gasteiger partial charge in [-0.2, -0.15) is 0 Å². The molecule has 0 aromatic carbocycles. The van der Waals surface area contributed by atoms with Gasteiger partial charge in [0.25, 0.3) is 0 Å². The van der Waals surface area contributed by atoms with E-state index in [1.165, 1.54) is 0 Å². The molecule has 0 saturated heterocycles. The van der Waals surface area contributed by atoms with Crippen molar-refractivity contribution in [1.29, 1.82) is 31.6 Å². The van der Waals surface area contributed by atoms with E-state index in [0.29, 0.717) is 0 Å². The molecule has 0 fully saturated rings. The molecule has 0 aromatic rings. The number of rotatable bonds is 0. The maximum absolute atomic E-state index is 6.25. The zero-order chi connectivity index (χ0) is 16.5. The Morgan fingerprint density at radius 3 is 0.429 bits per heavy atom. The summed E-state index contributed by atoms with van der Waals surface area (Å²) in [5.74, 6) is 0. The monoisotopic (exact) mass is 661 g/mol. The van der Waals surface area contributed by atoms with Crippen LogP contribution in [0.4, 0.5) is 0 Å². The Balaban J connectivity index is -0.00000000629. The van der Waals surface area contributed by atoms with Crippen molar-refractivity contribution in [1.82, 2.24) is 0 Å². The summed E-state index contributed by atoms with van der Waals surface area (Å²) in [5, 5.41) is 37.5. The summed E-state index contributed by atoms with van der Waals surface area (Å²) in [5.41, 5.74) is 0. The van der Waals surface area contributed by atoms with E-state index in [1.807, 2.05) is 0 Å². The molecule has 0 spiro atoms. The Labute approximate surface area is 283 Å². The van der Waals surface area contributed by atoms with E-state index in [4.69, 9.17) is 110 Å². The van der Waals surface area contributed by atoms with Gasteiger partial charge < -0.3 is 71.0 Å². The van der Waals surface area contributed by atoms with E-state index in [9.17, 15) is 0 Å². The van der Waals surface area contributed by atoms with Gasteiger partial charge in [-0.25, -0.2) is 0 Å². The van der Waals surface area contributed by atoms with Crippen LogP contribution in [-0.4, -0.2) is 0 Å². The van der Waals surface area contributed by atoms with Crippen LogP contribution in [0.2, 0.25) is 0 Å². The molecule has 0 aromatic heterocycles. The van der Waals surface area contributed by atoms with Crippen molar-refractivity contribution in [2.75, 3.05) is 0 Å². The molecule has 0 N–H and O–H groups in total. The van der Waals surface area contributed by atoms with Crippen LogP contribution in [0.3, 0.4) is 0 Å². The molecule has 0 bridgehead atoms. The van der Waals surface area contributed by atoms with Gasteiger partial charge in [-0.05, 0) is 0 Å². The minimum absolute atomic E-state index is 0. The van der Waals surface area contributed by atoms with E-state index >= 15 is 0 Å². The average molecular weight is 661 g/mol. The number of hydrogen-bond acceptors (Lipinski definition) is 6. The predicted octanol–water partition coefficient (Wildman–Crippen LogP) is -5.66. The molecule has 0 unspecified atom stereocenters. The van der Waals surface area contributed by atoms with Crippen LogP contribution in [0.1, 0.15) is 0 Å². The summed E-state index contributed by atoms with van der Waals surface area (Å²) in [7, 11) is 20.1. The molecule has 0 aliphatic rings. The first kappa shape index (κ1) is 73.2. The Morgan fingerprint density at radius 2 is 0.429 bits per heavy atom. The first-order chi connectivity index (χ1) is 8.00. The van der Waals surface area contributed by atoms with Crippen LogP contribution >= 0.6 is 38.6 Å². The van der Waals surface area contributed by atoms with Crippen LogP contribution in [-0.2, 0) is 28.1 Å². The van der Waals surface area contributed by atoms with Gasteiger partial charge in [0.05, 0.1) is 0 Å². The summed E-state index contributed by atoms with van der Waals surface area (Å²) in [6.45, 7) is 28.5. The topological polar surface area (TPSA) is 143 Å². The Hall–Kier alpha value is 4.16. The van der Waals surface area contributed by atoms with Gasteiger partial charge in [-0.3, -0.25) is 0 Å². The standard InChI is InChI=1S/6CN.4ClH.Fe.3K.Os/c6*1-2;;;;;;;;;/h;;;;;;4*1H;;;;;/q6*-1;;;;;+3;3*+1;+4/p-4. The van der Waals surface area contributed by atoms with E-state index < -0.39 is 11.0 Å². The molecule has 1 radical (unpaired) electrons. The molecule has 0 aliphatic carbocycles. The molecule has 15 heteroatoms. The molecule has 0 amide bonds. The number of hydrogen-bond donors (Lipinski definition) is 0. The quantitative estimate of drug-likeness (QED) is 0.187. The third-order valence-electron chi connectivity index (χ3n) is 0. The average Bonchev–Trinajstić information content (AvgIpc) is 2.41. The van der Waals surface area contributed by atoms with Crippen molar-refractivity contribution in [2.24, 2.45) is 0 Å². The van der Waals surface area contributed by atoms with Gasteiger partial charge >= 0.3 is 221 Å². The van der Waals surface area contributed by atoms with Crippen molar-refractivity contribution < 1.29 is 182 Å². The normalized spacial score (nSPS) is 4.19. The molecule has 0 atom stereocenters. The van der Waals surface area contributed by atoms with Gasteiger partial charge in [-0.15, -0.1) is 0 Å². The maximum atomic E-state index is 6.25. The van der Waals surface area contributed by atoms with E-state index in [1.54, 1.807) is 0 Å². The third-order valence-corrected chi connectivity index (χ3v) is 0. The minimum atomic E-state index is -3.17. The van der Waals surface area contributed by atoms with E-state index in [0.717, 1.165) is 0 Å². The van der Waals surface area contributed by atoms with Gasteiger partial charge in [0, 0.05) is 0 Å². The summed E-state index contributed by atoms with van der Waals surface area (Å²) in [4.78, 5) is 0. The second-order valence-electron chi connectivity index (χ2n) is 0.303. The minimum Gasteiger partial charge on any atom is 1.00 e. The number of nitrogens with zero attached hydrogens (tertiary/aromatic N) is 6. The van der Waals surface area contributed by atoms with Crippen LogP contribution in [0, 0.1) is 71.0 Å². The molecule has 0 heterocycles. The van der Waals surface area contributed by atoms with Crippen molar-refractivity contribution in [3.63, 3.8) is 0 Å². The van der Waals surface area contributed by atoms with Gasteiger partial charge in [0.15, 0.2) is 0 Å². The van der Waals surface area contributed by atoms with Gasteiger partial charge in [0.1, 0.15) is 0 Å². The van der Waals surface area contributed by atoms with Crippen molar-refractivity contribution in [3.05, 3.63) is 39.4 Å². The largest absolute Gasteiger partial charge is 3.00 e.